The number of hydrogen-bond donors (Lipinski definition) is 1. The van der Waals surface area contributed by atoms with Crippen molar-refractivity contribution in [3.63, 3.8) is 0 Å². The Morgan fingerprint density at radius 3 is 1.47 bits per heavy atom. The van der Waals surface area contributed by atoms with Crippen molar-refractivity contribution >= 4 is 81.6 Å². The van der Waals surface area contributed by atoms with Gasteiger partial charge in [0.15, 0.2) is 0 Å². The van der Waals surface area contributed by atoms with Gasteiger partial charge in [0, 0.05) is 12.7 Å². The van der Waals surface area contributed by atoms with Gasteiger partial charge >= 0.3 is 0 Å². The number of rotatable bonds is 4. The first kappa shape index (κ1) is 26.6. The van der Waals surface area contributed by atoms with Crippen LogP contribution in [0.3, 0.4) is 0 Å². The molecule has 0 bridgehead atoms. The molecule has 0 atom stereocenters. The molecule has 0 saturated carbocycles. The summed E-state index contributed by atoms with van der Waals surface area (Å²) < 4.78 is 2.22. The highest BCUT2D eigenvalue weighted by molar-refractivity contribution is 6.26. The van der Waals surface area contributed by atoms with E-state index in [4.69, 9.17) is 4.98 Å². The van der Waals surface area contributed by atoms with E-state index in [1.54, 1.807) is 0 Å². The van der Waals surface area contributed by atoms with Crippen molar-refractivity contribution in [2.75, 3.05) is 12.4 Å². The van der Waals surface area contributed by atoms with Crippen LogP contribution in [0.25, 0.3) is 104 Å². The first-order chi connectivity index (χ1) is 24.2. The van der Waals surface area contributed by atoms with E-state index in [-0.39, 0.29) is 0 Å². The number of fused-ring (bicyclic) bond motifs is 1. The molecule has 0 aliphatic carbocycles. The summed E-state index contributed by atoms with van der Waals surface area (Å²) in [6.07, 6.45) is 0. The van der Waals surface area contributed by atoms with Crippen molar-refractivity contribution in [1.82, 2.24) is 9.55 Å². The van der Waals surface area contributed by atoms with Gasteiger partial charge in [0.05, 0.1) is 11.0 Å². The lowest BCUT2D eigenvalue weighted by molar-refractivity contribution is 1.09. The molecular formula is C46H29N3. The van der Waals surface area contributed by atoms with Crippen LogP contribution in [0.15, 0.2) is 152 Å². The standard InChI is InChI=1S/C46H29N3/c1-47-46-48-40-26-34(37-22-15-33-11-9-29-5-3-7-31-17-24-39(37)45(33)43(29)31)18-25-41(40)49(46)35-19-12-27(13-20-35)36-21-14-32-10-8-28-4-2-6-30-16-23-38(36)44(32)42(28)30/h2-26H,1H3,(H,47,48). The van der Waals surface area contributed by atoms with E-state index in [1.165, 1.54) is 86.9 Å². The van der Waals surface area contributed by atoms with Gasteiger partial charge in [-0.1, -0.05) is 127 Å². The molecule has 1 N–H and O–H groups in total. The molecule has 0 radical (unpaired) electrons. The number of anilines is 1. The van der Waals surface area contributed by atoms with E-state index in [1.807, 2.05) is 7.05 Å². The van der Waals surface area contributed by atoms with Crippen molar-refractivity contribution in [3.8, 4) is 27.9 Å². The Morgan fingerprint density at radius 2 is 0.918 bits per heavy atom. The molecular weight excluding hydrogens is 595 g/mol. The molecule has 11 aromatic rings. The van der Waals surface area contributed by atoms with E-state index in [9.17, 15) is 0 Å². The van der Waals surface area contributed by atoms with Crippen LogP contribution in [0, 0.1) is 0 Å². The molecule has 0 aliphatic heterocycles. The van der Waals surface area contributed by atoms with Crippen molar-refractivity contribution in [2.45, 2.75) is 0 Å². The minimum absolute atomic E-state index is 0.818. The van der Waals surface area contributed by atoms with Gasteiger partial charge in [-0.05, 0) is 111 Å². The second-order valence-electron chi connectivity index (χ2n) is 13.2. The third-order valence-corrected chi connectivity index (χ3v) is 10.7. The number of benzene rings is 10. The summed E-state index contributed by atoms with van der Waals surface area (Å²) in [6, 6.07) is 55.8. The van der Waals surface area contributed by atoms with Crippen molar-refractivity contribution in [2.24, 2.45) is 0 Å². The van der Waals surface area contributed by atoms with Crippen LogP contribution in [-0.2, 0) is 0 Å². The molecule has 3 nitrogen and oxygen atoms in total. The van der Waals surface area contributed by atoms with Gasteiger partial charge < -0.3 is 5.32 Å². The van der Waals surface area contributed by atoms with Gasteiger partial charge in [-0.25, -0.2) is 4.98 Å². The number of nitrogens with one attached hydrogen (secondary N) is 1. The molecule has 0 spiro atoms. The molecule has 0 fully saturated rings. The molecule has 0 amide bonds. The monoisotopic (exact) mass is 623 g/mol. The van der Waals surface area contributed by atoms with Crippen LogP contribution in [-0.4, -0.2) is 16.6 Å². The van der Waals surface area contributed by atoms with Gasteiger partial charge in [0.2, 0.25) is 5.95 Å². The van der Waals surface area contributed by atoms with Gasteiger partial charge in [-0.15, -0.1) is 0 Å². The van der Waals surface area contributed by atoms with E-state index in [0.29, 0.717) is 0 Å². The first-order valence-corrected chi connectivity index (χ1v) is 16.9. The number of imidazole rings is 1. The summed E-state index contributed by atoms with van der Waals surface area (Å²) in [5.41, 5.74) is 7.95. The molecule has 0 unspecified atom stereocenters. The van der Waals surface area contributed by atoms with Gasteiger partial charge in [-0.3, -0.25) is 4.57 Å². The highest BCUT2D eigenvalue weighted by atomic mass is 15.2. The molecule has 49 heavy (non-hydrogen) atoms. The van der Waals surface area contributed by atoms with Crippen LogP contribution in [0.4, 0.5) is 5.95 Å². The minimum atomic E-state index is 0.818. The predicted octanol–water partition coefficient (Wildman–Crippen LogP) is 12.2. The summed E-state index contributed by atoms with van der Waals surface area (Å²) in [5, 5.41) is 19.0. The molecule has 11 rings (SSSR count). The number of hydrogen-bond acceptors (Lipinski definition) is 2. The van der Waals surface area contributed by atoms with E-state index >= 15 is 0 Å². The summed E-state index contributed by atoms with van der Waals surface area (Å²) in [6.45, 7) is 0. The maximum atomic E-state index is 5.08. The summed E-state index contributed by atoms with van der Waals surface area (Å²) in [7, 11) is 1.94. The molecule has 1 aromatic heterocycles. The maximum absolute atomic E-state index is 5.08. The van der Waals surface area contributed by atoms with E-state index in [0.717, 1.165) is 22.7 Å². The van der Waals surface area contributed by atoms with Crippen LogP contribution >= 0.6 is 0 Å². The van der Waals surface area contributed by atoms with E-state index in [2.05, 4.69) is 162 Å². The third-order valence-electron chi connectivity index (χ3n) is 10.7. The lowest BCUT2D eigenvalue weighted by Crippen LogP contribution is -2.01. The van der Waals surface area contributed by atoms with Gasteiger partial charge in [0.1, 0.15) is 0 Å². The van der Waals surface area contributed by atoms with Crippen LogP contribution in [0.2, 0.25) is 0 Å². The quantitative estimate of drug-likeness (QED) is 0.198. The van der Waals surface area contributed by atoms with Gasteiger partial charge in [0.25, 0.3) is 0 Å². The Labute approximate surface area is 282 Å². The third kappa shape index (κ3) is 3.70. The second-order valence-corrected chi connectivity index (χ2v) is 13.2. The van der Waals surface area contributed by atoms with Crippen LogP contribution in [0.5, 0.6) is 0 Å². The Balaban J connectivity index is 1.02. The largest absolute Gasteiger partial charge is 0.358 e. The fourth-order valence-corrected chi connectivity index (χ4v) is 8.44. The Bertz CT molecular complexity index is 3040. The predicted molar refractivity (Wildman–Crippen MR) is 209 cm³/mol. The zero-order valence-electron chi connectivity index (χ0n) is 26.8. The molecule has 0 saturated heterocycles. The first-order valence-electron chi connectivity index (χ1n) is 16.9. The Morgan fingerprint density at radius 1 is 0.449 bits per heavy atom. The average molecular weight is 624 g/mol. The maximum Gasteiger partial charge on any atom is 0.208 e. The zero-order valence-corrected chi connectivity index (χ0v) is 26.8. The molecule has 3 heteroatoms. The van der Waals surface area contributed by atoms with Crippen LogP contribution < -0.4 is 5.32 Å². The molecule has 1 heterocycles. The fraction of sp³-hybridized carbons (Fsp3) is 0.0217. The number of aromatic nitrogens is 2. The molecule has 228 valence electrons. The SMILES string of the molecule is CNc1nc2cc(-c3ccc4ccc5cccc6ccc3c4c56)ccc2n1-c1ccc(-c2ccc3ccc4cccc5ccc2c3c45)cc1. The lowest BCUT2D eigenvalue weighted by Gasteiger charge is -2.15. The lowest BCUT2D eigenvalue weighted by atomic mass is 9.90. The Kier molecular flexibility index (Phi) is 5.31. The van der Waals surface area contributed by atoms with Crippen LogP contribution in [0.1, 0.15) is 0 Å². The smallest absolute Gasteiger partial charge is 0.208 e. The number of nitrogens with zero attached hydrogens (tertiary/aromatic N) is 2. The summed E-state index contributed by atoms with van der Waals surface area (Å²) in [5.74, 6) is 0.818. The minimum Gasteiger partial charge on any atom is -0.358 e. The summed E-state index contributed by atoms with van der Waals surface area (Å²) in [4.78, 5) is 5.08. The molecule has 10 aromatic carbocycles. The highest BCUT2D eigenvalue weighted by Gasteiger charge is 2.17. The summed E-state index contributed by atoms with van der Waals surface area (Å²) >= 11 is 0. The Hall–Kier alpha value is -6.45. The fourth-order valence-electron chi connectivity index (χ4n) is 8.44. The topological polar surface area (TPSA) is 29.9 Å². The van der Waals surface area contributed by atoms with Crippen molar-refractivity contribution in [1.29, 1.82) is 0 Å². The van der Waals surface area contributed by atoms with E-state index < -0.39 is 0 Å². The second kappa shape index (κ2) is 9.79. The average Bonchev–Trinajstić information content (AvgIpc) is 3.54. The van der Waals surface area contributed by atoms with Crippen molar-refractivity contribution < 1.29 is 0 Å². The molecule has 0 aliphatic rings. The highest BCUT2D eigenvalue weighted by Crippen LogP contribution is 2.42. The zero-order chi connectivity index (χ0) is 32.2. The van der Waals surface area contributed by atoms with Gasteiger partial charge in [-0.2, -0.15) is 0 Å². The normalized spacial score (nSPS) is 12.2. The van der Waals surface area contributed by atoms with Crippen molar-refractivity contribution in [3.05, 3.63) is 152 Å².